The third-order valence-electron chi connectivity index (χ3n) is 3.49. The van der Waals surface area contributed by atoms with Gasteiger partial charge in [-0.25, -0.2) is 4.79 Å². The van der Waals surface area contributed by atoms with Crippen LogP contribution in [0.25, 0.3) is 0 Å². The van der Waals surface area contributed by atoms with E-state index in [0.29, 0.717) is 12.3 Å². The van der Waals surface area contributed by atoms with Crippen molar-refractivity contribution in [2.24, 2.45) is 0 Å². The molecule has 0 heterocycles. The first-order chi connectivity index (χ1) is 10.9. The molecule has 124 valence electrons. The fourth-order valence-electron chi connectivity index (χ4n) is 1.94. The Kier molecular flexibility index (Phi) is 7.07. The predicted molar refractivity (Wildman–Crippen MR) is 84.8 cm³/mol. The van der Waals surface area contributed by atoms with Gasteiger partial charge in [-0.2, -0.15) is 5.26 Å². The van der Waals surface area contributed by atoms with Crippen molar-refractivity contribution < 1.29 is 19.1 Å². The molecule has 0 aromatic heterocycles. The molecule has 1 atom stereocenters. The maximum atomic E-state index is 12.0. The van der Waals surface area contributed by atoms with Gasteiger partial charge in [-0.15, -0.1) is 0 Å². The van der Waals surface area contributed by atoms with Crippen molar-refractivity contribution in [3.8, 4) is 11.8 Å². The molecule has 0 aliphatic rings. The molecule has 0 saturated heterocycles. The van der Waals surface area contributed by atoms with Crippen LogP contribution in [0.1, 0.15) is 24.5 Å². The number of hydrogen-bond acceptors (Lipinski definition) is 5. The molecule has 6 nitrogen and oxygen atoms in total. The van der Waals surface area contributed by atoms with Gasteiger partial charge in [-0.1, -0.05) is 12.1 Å². The molecular weight excluding hydrogens is 296 g/mol. The van der Waals surface area contributed by atoms with E-state index in [2.05, 4.69) is 0 Å². The monoisotopic (exact) mass is 318 g/mol. The van der Waals surface area contributed by atoms with Gasteiger partial charge in [0.05, 0.1) is 12.5 Å². The number of nitrogens with zero attached hydrogens (tertiary/aromatic N) is 2. The number of carbonyl (C=O) groups excluding carboxylic acids is 2. The molecule has 1 aromatic carbocycles. The van der Waals surface area contributed by atoms with Crippen LogP contribution in [0.15, 0.2) is 18.2 Å². The van der Waals surface area contributed by atoms with Crippen LogP contribution in [-0.4, -0.2) is 43.1 Å². The molecule has 1 aromatic rings. The molecule has 0 fully saturated rings. The predicted octanol–water partition coefficient (Wildman–Crippen LogP) is 1.99. The van der Waals surface area contributed by atoms with Crippen molar-refractivity contribution in [3.05, 3.63) is 29.3 Å². The van der Waals surface area contributed by atoms with Crippen molar-refractivity contribution in [1.82, 2.24) is 4.90 Å². The summed E-state index contributed by atoms with van der Waals surface area (Å²) in [6.45, 7) is 5.41. The van der Waals surface area contributed by atoms with Gasteiger partial charge in [0, 0.05) is 13.6 Å². The highest BCUT2D eigenvalue weighted by molar-refractivity contribution is 5.83. The summed E-state index contributed by atoms with van der Waals surface area (Å²) < 4.78 is 10.5. The summed E-state index contributed by atoms with van der Waals surface area (Å²) in [4.78, 5) is 25.1. The van der Waals surface area contributed by atoms with Crippen LogP contribution in [0, 0.1) is 25.2 Å². The molecule has 0 N–H and O–H groups in total. The van der Waals surface area contributed by atoms with Crippen LogP contribution in [0.2, 0.25) is 0 Å². The number of amides is 1. The Hall–Kier alpha value is -2.55. The molecule has 1 amide bonds. The Bertz CT molecular complexity index is 607. The SMILES string of the molecule is Cc1cccc(OCC(=O)O[C@@H](C)C(=O)N(C)CCC#N)c1C. The maximum absolute atomic E-state index is 12.0. The zero-order valence-electron chi connectivity index (χ0n) is 14.0. The first kappa shape index (κ1) is 18.5. The van der Waals surface area contributed by atoms with Crippen molar-refractivity contribution in [2.45, 2.75) is 33.3 Å². The van der Waals surface area contributed by atoms with Gasteiger partial charge >= 0.3 is 5.97 Å². The number of rotatable bonds is 7. The zero-order chi connectivity index (χ0) is 17.4. The molecule has 6 heteroatoms. The summed E-state index contributed by atoms with van der Waals surface area (Å²) >= 11 is 0. The Morgan fingerprint density at radius 2 is 2.04 bits per heavy atom. The molecule has 0 aliphatic heterocycles. The van der Waals surface area contributed by atoms with E-state index in [1.54, 1.807) is 13.1 Å². The molecule has 23 heavy (non-hydrogen) atoms. The number of hydrogen-bond donors (Lipinski definition) is 0. The first-order valence-corrected chi connectivity index (χ1v) is 7.37. The van der Waals surface area contributed by atoms with Gasteiger partial charge < -0.3 is 14.4 Å². The number of ether oxygens (including phenoxy) is 2. The third-order valence-corrected chi connectivity index (χ3v) is 3.49. The largest absolute Gasteiger partial charge is 0.482 e. The lowest BCUT2D eigenvalue weighted by atomic mass is 10.1. The van der Waals surface area contributed by atoms with Gasteiger partial charge in [-0.3, -0.25) is 4.79 Å². The lowest BCUT2D eigenvalue weighted by molar-refractivity contribution is -0.160. The number of nitriles is 1. The second-order valence-electron chi connectivity index (χ2n) is 5.29. The quantitative estimate of drug-likeness (QED) is 0.718. The van der Waals surface area contributed by atoms with Crippen LogP contribution in [0.4, 0.5) is 0 Å². The number of aryl methyl sites for hydroxylation is 1. The first-order valence-electron chi connectivity index (χ1n) is 7.37. The van der Waals surface area contributed by atoms with E-state index in [9.17, 15) is 9.59 Å². The van der Waals surface area contributed by atoms with Crippen LogP contribution in [-0.2, 0) is 14.3 Å². The highest BCUT2D eigenvalue weighted by Gasteiger charge is 2.21. The molecular formula is C17H22N2O4. The molecule has 0 saturated carbocycles. The van der Waals surface area contributed by atoms with E-state index < -0.39 is 12.1 Å². The fraction of sp³-hybridized carbons (Fsp3) is 0.471. The van der Waals surface area contributed by atoms with Crippen molar-refractivity contribution in [1.29, 1.82) is 5.26 Å². The summed E-state index contributed by atoms with van der Waals surface area (Å²) in [6, 6.07) is 7.54. The third kappa shape index (κ3) is 5.62. The highest BCUT2D eigenvalue weighted by atomic mass is 16.6. The van der Waals surface area contributed by atoms with Gasteiger partial charge in [0.15, 0.2) is 12.7 Å². The van der Waals surface area contributed by atoms with E-state index in [1.807, 2.05) is 32.0 Å². The van der Waals surface area contributed by atoms with Crippen molar-refractivity contribution in [3.63, 3.8) is 0 Å². The van der Waals surface area contributed by atoms with E-state index in [1.165, 1.54) is 11.8 Å². The topological polar surface area (TPSA) is 79.6 Å². The summed E-state index contributed by atoms with van der Waals surface area (Å²) in [6.07, 6.45) is -0.674. The molecule has 0 spiro atoms. The molecule has 1 rings (SSSR count). The summed E-state index contributed by atoms with van der Waals surface area (Å²) in [5.41, 5.74) is 2.03. The summed E-state index contributed by atoms with van der Waals surface area (Å²) in [7, 11) is 1.57. The number of esters is 1. The van der Waals surface area contributed by atoms with Crippen LogP contribution in [0.5, 0.6) is 5.75 Å². The minimum atomic E-state index is -0.909. The lowest BCUT2D eigenvalue weighted by Crippen LogP contribution is -2.38. The van der Waals surface area contributed by atoms with Gasteiger partial charge in [-0.05, 0) is 38.0 Å². The number of carbonyl (C=O) groups is 2. The average molecular weight is 318 g/mol. The second-order valence-corrected chi connectivity index (χ2v) is 5.29. The number of benzene rings is 1. The van der Waals surface area contributed by atoms with Gasteiger partial charge in [0.25, 0.3) is 5.91 Å². The maximum Gasteiger partial charge on any atom is 0.344 e. The van der Waals surface area contributed by atoms with E-state index in [4.69, 9.17) is 14.7 Å². The van der Waals surface area contributed by atoms with Crippen molar-refractivity contribution >= 4 is 11.9 Å². The van der Waals surface area contributed by atoms with E-state index in [0.717, 1.165) is 11.1 Å². The summed E-state index contributed by atoms with van der Waals surface area (Å²) in [5.74, 6) is -0.340. The highest BCUT2D eigenvalue weighted by Crippen LogP contribution is 2.20. The average Bonchev–Trinajstić information content (AvgIpc) is 2.53. The minimum absolute atomic E-state index is 0.235. The lowest BCUT2D eigenvalue weighted by Gasteiger charge is -2.20. The Labute approximate surface area is 136 Å². The van der Waals surface area contributed by atoms with Crippen LogP contribution >= 0.6 is 0 Å². The van der Waals surface area contributed by atoms with Crippen LogP contribution < -0.4 is 4.74 Å². The second kappa shape index (κ2) is 8.79. The standard InChI is InChI=1S/C17H22N2O4/c1-12-7-5-8-15(13(12)2)22-11-16(20)23-14(3)17(21)19(4)10-6-9-18/h5,7-8,14H,6,10-11H2,1-4H3/t14-/m0/s1. The Morgan fingerprint density at radius 3 is 2.70 bits per heavy atom. The van der Waals surface area contributed by atoms with Crippen LogP contribution in [0.3, 0.4) is 0 Å². The molecule has 0 bridgehead atoms. The fourth-order valence-corrected chi connectivity index (χ4v) is 1.94. The van der Waals surface area contributed by atoms with Gasteiger partial charge in [0.1, 0.15) is 5.75 Å². The Morgan fingerprint density at radius 1 is 1.35 bits per heavy atom. The number of likely N-dealkylation sites (N-methyl/N-ethyl adjacent to an activating group) is 1. The van der Waals surface area contributed by atoms with E-state index in [-0.39, 0.29) is 18.9 Å². The van der Waals surface area contributed by atoms with Crippen molar-refractivity contribution in [2.75, 3.05) is 20.2 Å². The van der Waals surface area contributed by atoms with E-state index >= 15 is 0 Å². The molecule has 0 unspecified atom stereocenters. The normalized spacial score (nSPS) is 11.3. The Balaban J connectivity index is 2.48. The summed E-state index contributed by atoms with van der Waals surface area (Å²) in [5, 5.41) is 8.51. The minimum Gasteiger partial charge on any atom is -0.482 e. The molecule has 0 radical (unpaired) electrons. The zero-order valence-corrected chi connectivity index (χ0v) is 14.0. The van der Waals surface area contributed by atoms with Gasteiger partial charge in [0.2, 0.25) is 0 Å². The molecule has 0 aliphatic carbocycles. The smallest absolute Gasteiger partial charge is 0.344 e.